The van der Waals surface area contributed by atoms with Gasteiger partial charge in [-0.1, -0.05) is 18.2 Å². The van der Waals surface area contributed by atoms with Crippen molar-refractivity contribution in [1.82, 2.24) is 9.88 Å². The Labute approximate surface area is 205 Å². The maximum Gasteiger partial charge on any atom is 0.271 e. The zero-order valence-corrected chi connectivity index (χ0v) is 20.1. The number of morpholine rings is 1. The molecule has 7 heteroatoms. The molecular formula is C28H32N4O3. The van der Waals surface area contributed by atoms with E-state index in [4.69, 9.17) is 9.47 Å². The van der Waals surface area contributed by atoms with Crippen molar-refractivity contribution in [2.24, 2.45) is 0 Å². The van der Waals surface area contributed by atoms with E-state index in [9.17, 15) is 4.79 Å². The first-order valence-corrected chi connectivity index (χ1v) is 12.6. The molecule has 0 spiro atoms. The average molecular weight is 473 g/mol. The van der Waals surface area contributed by atoms with Crippen molar-refractivity contribution in [3.8, 4) is 11.5 Å². The van der Waals surface area contributed by atoms with Crippen molar-refractivity contribution in [3.05, 3.63) is 81.8 Å². The molecule has 2 aromatic carbocycles. The number of aromatic amines is 1. The molecule has 6 rings (SSSR count). The standard InChI is InChI=1S/C28H32N4O3/c1-31-12-9-21(10-13-31)30-22-7-8-25-20(17-22)16-19-4-2-5-23(27(19)35-25)26-18-32(14-15-34-26)24-6-3-11-29-28(24)33/h2-8,11,17,21,26,30H,9-10,12-16,18H2,1H3,(H,29,33). The second-order valence-corrected chi connectivity index (χ2v) is 9.85. The molecule has 2 saturated heterocycles. The first-order chi connectivity index (χ1) is 17.1. The summed E-state index contributed by atoms with van der Waals surface area (Å²) >= 11 is 0. The molecule has 35 heavy (non-hydrogen) atoms. The lowest BCUT2D eigenvalue weighted by molar-refractivity contribution is 0.0383. The van der Waals surface area contributed by atoms with E-state index in [1.54, 1.807) is 6.20 Å². The van der Waals surface area contributed by atoms with Crippen molar-refractivity contribution in [3.63, 3.8) is 0 Å². The Hall–Kier alpha value is -3.29. The number of hydrogen-bond acceptors (Lipinski definition) is 6. The summed E-state index contributed by atoms with van der Waals surface area (Å²) in [6.07, 6.45) is 4.67. The van der Waals surface area contributed by atoms with E-state index >= 15 is 0 Å². The Morgan fingerprint density at radius 1 is 1.03 bits per heavy atom. The fourth-order valence-electron chi connectivity index (χ4n) is 5.45. The largest absolute Gasteiger partial charge is 0.456 e. The summed E-state index contributed by atoms with van der Waals surface area (Å²) in [6, 6.07) is 17.0. The molecule has 0 saturated carbocycles. The van der Waals surface area contributed by atoms with Gasteiger partial charge < -0.3 is 29.6 Å². The van der Waals surface area contributed by atoms with Crippen molar-refractivity contribution in [1.29, 1.82) is 0 Å². The van der Waals surface area contributed by atoms with Crippen LogP contribution in [-0.2, 0) is 11.2 Å². The molecule has 2 fully saturated rings. The maximum atomic E-state index is 12.3. The van der Waals surface area contributed by atoms with Gasteiger partial charge in [0.25, 0.3) is 5.56 Å². The van der Waals surface area contributed by atoms with Crippen LogP contribution in [0, 0.1) is 0 Å². The number of rotatable bonds is 4. The second-order valence-electron chi connectivity index (χ2n) is 9.85. The van der Waals surface area contributed by atoms with Crippen LogP contribution in [-0.4, -0.2) is 55.8 Å². The molecular weight excluding hydrogens is 440 g/mol. The van der Waals surface area contributed by atoms with Gasteiger partial charge in [-0.3, -0.25) is 4.79 Å². The summed E-state index contributed by atoms with van der Waals surface area (Å²) in [5.41, 5.74) is 5.19. The van der Waals surface area contributed by atoms with Gasteiger partial charge in [0.1, 0.15) is 23.3 Å². The van der Waals surface area contributed by atoms with Gasteiger partial charge in [0.2, 0.25) is 0 Å². The minimum Gasteiger partial charge on any atom is -0.456 e. The van der Waals surface area contributed by atoms with E-state index < -0.39 is 0 Å². The van der Waals surface area contributed by atoms with E-state index in [0.29, 0.717) is 31.4 Å². The minimum absolute atomic E-state index is 0.0712. The molecule has 3 aliphatic rings. The van der Waals surface area contributed by atoms with Crippen LogP contribution < -0.4 is 20.5 Å². The molecule has 1 atom stereocenters. The van der Waals surface area contributed by atoms with Gasteiger partial charge in [0, 0.05) is 48.6 Å². The lowest BCUT2D eigenvalue weighted by Gasteiger charge is -2.35. The Kier molecular flexibility index (Phi) is 5.96. The number of fused-ring (bicyclic) bond motifs is 2. The Morgan fingerprint density at radius 2 is 1.91 bits per heavy atom. The van der Waals surface area contributed by atoms with E-state index in [1.807, 2.05) is 12.1 Å². The van der Waals surface area contributed by atoms with E-state index in [2.05, 4.69) is 63.5 Å². The summed E-state index contributed by atoms with van der Waals surface area (Å²) in [5.74, 6) is 1.80. The van der Waals surface area contributed by atoms with Crippen molar-refractivity contribution in [2.45, 2.75) is 31.4 Å². The quantitative estimate of drug-likeness (QED) is 0.465. The number of H-pyrrole nitrogens is 1. The van der Waals surface area contributed by atoms with Crippen LogP contribution in [0.5, 0.6) is 11.5 Å². The van der Waals surface area contributed by atoms with Gasteiger partial charge >= 0.3 is 0 Å². The smallest absolute Gasteiger partial charge is 0.271 e. The van der Waals surface area contributed by atoms with Gasteiger partial charge in [0.05, 0.1) is 6.61 Å². The van der Waals surface area contributed by atoms with Crippen molar-refractivity contribution >= 4 is 11.4 Å². The monoisotopic (exact) mass is 472 g/mol. The highest BCUT2D eigenvalue weighted by Crippen LogP contribution is 2.43. The highest BCUT2D eigenvalue weighted by Gasteiger charge is 2.29. The van der Waals surface area contributed by atoms with E-state index in [0.717, 1.165) is 36.6 Å². The van der Waals surface area contributed by atoms with Gasteiger partial charge in [-0.25, -0.2) is 0 Å². The SMILES string of the molecule is CN1CCC(Nc2ccc3c(c2)Cc2cccc(C4CN(c5ccc[nH]c5=O)CCO4)c2O3)CC1. The summed E-state index contributed by atoms with van der Waals surface area (Å²) in [6.45, 7) is 4.14. The van der Waals surface area contributed by atoms with Gasteiger partial charge in [-0.15, -0.1) is 0 Å². The second kappa shape index (κ2) is 9.40. The Morgan fingerprint density at radius 3 is 2.77 bits per heavy atom. The van der Waals surface area contributed by atoms with Crippen LogP contribution in [0.2, 0.25) is 0 Å². The molecule has 1 aromatic heterocycles. The molecule has 7 nitrogen and oxygen atoms in total. The number of likely N-dealkylation sites (tertiary alicyclic amines) is 1. The lowest BCUT2D eigenvalue weighted by atomic mass is 9.95. The van der Waals surface area contributed by atoms with Crippen LogP contribution in [0.3, 0.4) is 0 Å². The first-order valence-electron chi connectivity index (χ1n) is 12.6. The molecule has 4 heterocycles. The van der Waals surface area contributed by atoms with Crippen molar-refractivity contribution < 1.29 is 9.47 Å². The van der Waals surface area contributed by atoms with E-state index in [1.165, 1.54) is 29.7 Å². The summed E-state index contributed by atoms with van der Waals surface area (Å²) in [5, 5.41) is 3.73. The number of aromatic nitrogens is 1. The highest BCUT2D eigenvalue weighted by molar-refractivity contribution is 5.59. The minimum atomic E-state index is -0.162. The number of ether oxygens (including phenoxy) is 2. The van der Waals surface area contributed by atoms with E-state index in [-0.39, 0.29) is 11.7 Å². The molecule has 1 unspecified atom stereocenters. The lowest BCUT2D eigenvalue weighted by Crippen LogP contribution is -2.41. The van der Waals surface area contributed by atoms with Gasteiger partial charge in [-0.2, -0.15) is 0 Å². The molecule has 0 bridgehead atoms. The zero-order chi connectivity index (χ0) is 23.8. The van der Waals surface area contributed by atoms with Gasteiger partial charge in [-0.05, 0) is 68.9 Å². The molecule has 3 aliphatic heterocycles. The molecule has 0 aliphatic carbocycles. The van der Waals surface area contributed by atoms with Crippen LogP contribution >= 0.6 is 0 Å². The molecule has 0 amide bonds. The molecule has 3 aromatic rings. The Balaban J connectivity index is 1.21. The predicted octanol–water partition coefficient (Wildman–Crippen LogP) is 4.16. The maximum absolute atomic E-state index is 12.3. The topological polar surface area (TPSA) is 69.8 Å². The molecule has 0 radical (unpaired) electrons. The number of hydrogen-bond donors (Lipinski definition) is 2. The molecule has 2 N–H and O–H groups in total. The first kappa shape index (κ1) is 22.2. The normalized spacial score (nSPS) is 20.6. The number of nitrogens with one attached hydrogen (secondary N) is 2. The van der Waals surface area contributed by atoms with Crippen LogP contribution in [0.1, 0.15) is 35.6 Å². The fraction of sp³-hybridized carbons (Fsp3) is 0.393. The van der Waals surface area contributed by atoms with Gasteiger partial charge in [0.15, 0.2) is 0 Å². The third kappa shape index (κ3) is 4.54. The number of benzene rings is 2. The third-order valence-electron chi connectivity index (χ3n) is 7.42. The summed E-state index contributed by atoms with van der Waals surface area (Å²) in [4.78, 5) is 19.6. The van der Waals surface area contributed by atoms with Crippen LogP contribution in [0.15, 0.2) is 59.5 Å². The predicted molar refractivity (Wildman–Crippen MR) is 138 cm³/mol. The Bertz CT molecular complexity index is 1270. The molecule has 182 valence electrons. The highest BCUT2D eigenvalue weighted by atomic mass is 16.5. The zero-order valence-electron chi connectivity index (χ0n) is 20.1. The van der Waals surface area contributed by atoms with Crippen LogP contribution in [0.4, 0.5) is 11.4 Å². The summed E-state index contributed by atoms with van der Waals surface area (Å²) < 4.78 is 12.7. The number of nitrogens with zero attached hydrogens (tertiary/aromatic N) is 2. The van der Waals surface area contributed by atoms with Crippen LogP contribution in [0.25, 0.3) is 0 Å². The summed E-state index contributed by atoms with van der Waals surface area (Å²) in [7, 11) is 2.19. The number of piperidine rings is 1. The fourth-order valence-corrected chi connectivity index (χ4v) is 5.45. The van der Waals surface area contributed by atoms with Crippen molar-refractivity contribution in [2.75, 3.05) is 50.1 Å². The average Bonchev–Trinajstić information content (AvgIpc) is 2.89. The number of anilines is 2. The number of pyridine rings is 1. The third-order valence-corrected chi connectivity index (χ3v) is 7.42. The number of para-hydroxylation sites is 1.